The maximum Gasteiger partial charge on any atom is 0.107 e. The van der Waals surface area contributed by atoms with Gasteiger partial charge < -0.3 is 5.32 Å². The summed E-state index contributed by atoms with van der Waals surface area (Å²) >= 11 is 1.77. The first-order chi connectivity index (χ1) is 8.32. The van der Waals surface area contributed by atoms with Crippen LogP contribution in [0.4, 0.5) is 0 Å². The summed E-state index contributed by atoms with van der Waals surface area (Å²) in [7, 11) is 0. The molecular weight excluding hydrogens is 240 g/mol. The van der Waals surface area contributed by atoms with Gasteiger partial charge in [0.25, 0.3) is 0 Å². The maximum atomic E-state index is 4.71. The predicted octanol–water partition coefficient (Wildman–Crippen LogP) is 4.35. The third-order valence-corrected chi connectivity index (χ3v) is 4.22. The van der Waals surface area contributed by atoms with E-state index in [0.29, 0.717) is 6.04 Å². The Morgan fingerprint density at radius 2 is 2.00 bits per heavy atom. The molecule has 0 spiro atoms. The van der Waals surface area contributed by atoms with Crippen LogP contribution in [0.3, 0.4) is 0 Å². The number of rotatable bonds is 6. The molecule has 0 amide bonds. The number of thiazole rings is 1. The summed E-state index contributed by atoms with van der Waals surface area (Å²) < 4.78 is 0. The lowest BCUT2D eigenvalue weighted by Gasteiger charge is -2.17. The largest absolute Gasteiger partial charge is 0.308 e. The standard InChI is InChI=1S/C15H28N2S/c1-7-11(2)8-12(3)16-9-14-17-13(10-18-14)15(4,5)6/h10-12,16H,7-9H2,1-6H3. The predicted molar refractivity (Wildman–Crippen MR) is 81.2 cm³/mol. The number of hydrogen-bond donors (Lipinski definition) is 1. The number of nitrogens with zero attached hydrogens (tertiary/aromatic N) is 1. The Hall–Kier alpha value is -0.410. The second kappa shape index (κ2) is 6.67. The number of nitrogens with one attached hydrogen (secondary N) is 1. The molecule has 0 bridgehead atoms. The molecule has 2 atom stereocenters. The lowest BCUT2D eigenvalue weighted by molar-refractivity contribution is 0.411. The molecule has 1 N–H and O–H groups in total. The molecule has 2 nitrogen and oxygen atoms in total. The van der Waals surface area contributed by atoms with Gasteiger partial charge in [-0.05, 0) is 19.3 Å². The fraction of sp³-hybridized carbons (Fsp3) is 0.800. The first kappa shape index (κ1) is 15.6. The van der Waals surface area contributed by atoms with Gasteiger partial charge in [-0.15, -0.1) is 11.3 Å². The lowest BCUT2D eigenvalue weighted by Crippen LogP contribution is -2.27. The molecule has 0 aromatic carbocycles. The van der Waals surface area contributed by atoms with Crippen molar-refractivity contribution in [3.8, 4) is 0 Å². The zero-order valence-corrected chi connectivity index (χ0v) is 13.5. The van der Waals surface area contributed by atoms with Gasteiger partial charge in [-0.2, -0.15) is 0 Å². The highest BCUT2D eigenvalue weighted by molar-refractivity contribution is 7.09. The molecule has 104 valence electrons. The summed E-state index contributed by atoms with van der Waals surface area (Å²) in [4.78, 5) is 4.71. The molecule has 0 fully saturated rings. The Labute approximate surface area is 116 Å². The highest BCUT2D eigenvalue weighted by Crippen LogP contribution is 2.23. The van der Waals surface area contributed by atoms with Gasteiger partial charge in [0.1, 0.15) is 5.01 Å². The molecule has 1 heterocycles. The molecule has 0 aliphatic heterocycles. The normalized spacial score (nSPS) is 15.7. The maximum absolute atomic E-state index is 4.71. The van der Waals surface area contributed by atoms with Crippen molar-refractivity contribution in [3.05, 3.63) is 16.1 Å². The van der Waals surface area contributed by atoms with E-state index >= 15 is 0 Å². The summed E-state index contributed by atoms with van der Waals surface area (Å²) in [6.07, 6.45) is 2.51. The van der Waals surface area contributed by atoms with Crippen molar-refractivity contribution in [3.63, 3.8) is 0 Å². The zero-order valence-electron chi connectivity index (χ0n) is 12.7. The Morgan fingerprint density at radius 1 is 1.33 bits per heavy atom. The lowest BCUT2D eigenvalue weighted by atomic mass is 9.93. The van der Waals surface area contributed by atoms with E-state index in [-0.39, 0.29) is 5.41 Å². The Kier molecular flexibility index (Phi) is 5.80. The smallest absolute Gasteiger partial charge is 0.107 e. The second-order valence-electron chi connectivity index (χ2n) is 6.41. The molecule has 18 heavy (non-hydrogen) atoms. The van der Waals surface area contributed by atoms with Crippen LogP contribution in [0.15, 0.2) is 5.38 Å². The van der Waals surface area contributed by atoms with Gasteiger partial charge in [-0.25, -0.2) is 4.98 Å². The average molecular weight is 268 g/mol. The quantitative estimate of drug-likeness (QED) is 0.829. The topological polar surface area (TPSA) is 24.9 Å². The van der Waals surface area contributed by atoms with E-state index in [0.717, 1.165) is 12.5 Å². The zero-order chi connectivity index (χ0) is 13.8. The van der Waals surface area contributed by atoms with Crippen molar-refractivity contribution in [1.82, 2.24) is 10.3 Å². The van der Waals surface area contributed by atoms with E-state index in [4.69, 9.17) is 4.98 Å². The van der Waals surface area contributed by atoms with Gasteiger partial charge in [0.05, 0.1) is 5.69 Å². The van der Waals surface area contributed by atoms with Gasteiger partial charge in [0, 0.05) is 23.4 Å². The fourth-order valence-corrected chi connectivity index (χ4v) is 2.82. The van der Waals surface area contributed by atoms with Crippen LogP contribution in [0.1, 0.15) is 65.1 Å². The van der Waals surface area contributed by atoms with Crippen LogP contribution in [-0.2, 0) is 12.0 Å². The Bertz CT molecular complexity index is 352. The van der Waals surface area contributed by atoms with Crippen molar-refractivity contribution >= 4 is 11.3 Å². The van der Waals surface area contributed by atoms with Crippen molar-refractivity contribution in [2.24, 2.45) is 5.92 Å². The van der Waals surface area contributed by atoms with E-state index in [1.807, 2.05) is 0 Å². The summed E-state index contributed by atoms with van der Waals surface area (Å²) in [5.41, 5.74) is 1.37. The van der Waals surface area contributed by atoms with Crippen LogP contribution in [0.5, 0.6) is 0 Å². The van der Waals surface area contributed by atoms with Crippen molar-refractivity contribution in [2.45, 2.75) is 72.4 Å². The minimum Gasteiger partial charge on any atom is -0.308 e. The van der Waals surface area contributed by atoms with E-state index in [1.165, 1.54) is 23.5 Å². The first-order valence-electron chi connectivity index (χ1n) is 7.01. The summed E-state index contributed by atoms with van der Waals surface area (Å²) in [6.45, 7) is 14.4. The third-order valence-electron chi connectivity index (χ3n) is 3.37. The molecule has 1 aromatic rings. The molecule has 1 aromatic heterocycles. The van der Waals surface area contributed by atoms with Gasteiger partial charge in [0.15, 0.2) is 0 Å². The van der Waals surface area contributed by atoms with Crippen LogP contribution in [-0.4, -0.2) is 11.0 Å². The minimum atomic E-state index is 0.164. The van der Waals surface area contributed by atoms with Crippen LogP contribution in [0, 0.1) is 5.92 Å². The second-order valence-corrected chi connectivity index (χ2v) is 7.35. The van der Waals surface area contributed by atoms with Gasteiger partial charge in [-0.1, -0.05) is 41.0 Å². The molecule has 1 rings (SSSR count). The van der Waals surface area contributed by atoms with Crippen LogP contribution >= 0.6 is 11.3 Å². The SMILES string of the molecule is CCC(C)CC(C)NCc1nc(C(C)(C)C)cs1. The van der Waals surface area contributed by atoms with Crippen LogP contribution in [0.25, 0.3) is 0 Å². The monoisotopic (exact) mass is 268 g/mol. The molecular formula is C15H28N2S. The molecule has 0 aliphatic rings. The minimum absolute atomic E-state index is 0.164. The number of aromatic nitrogens is 1. The van der Waals surface area contributed by atoms with Crippen LogP contribution < -0.4 is 5.32 Å². The Balaban J connectivity index is 2.42. The molecule has 0 radical (unpaired) electrons. The highest BCUT2D eigenvalue weighted by atomic mass is 32.1. The van der Waals surface area contributed by atoms with Gasteiger partial charge in [-0.3, -0.25) is 0 Å². The fourth-order valence-electron chi connectivity index (χ4n) is 1.85. The van der Waals surface area contributed by atoms with E-state index in [2.05, 4.69) is 52.2 Å². The van der Waals surface area contributed by atoms with E-state index in [1.54, 1.807) is 11.3 Å². The van der Waals surface area contributed by atoms with Gasteiger partial charge >= 0.3 is 0 Å². The van der Waals surface area contributed by atoms with Crippen molar-refractivity contribution in [1.29, 1.82) is 0 Å². The van der Waals surface area contributed by atoms with Crippen molar-refractivity contribution in [2.75, 3.05) is 0 Å². The van der Waals surface area contributed by atoms with E-state index in [9.17, 15) is 0 Å². The Morgan fingerprint density at radius 3 is 2.50 bits per heavy atom. The molecule has 2 unspecified atom stereocenters. The first-order valence-corrected chi connectivity index (χ1v) is 7.89. The summed E-state index contributed by atoms with van der Waals surface area (Å²) in [6, 6.07) is 0.571. The molecule has 3 heteroatoms. The summed E-state index contributed by atoms with van der Waals surface area (Å²) in [5, 5.41) is 6.97. The highest BCUT2D eigenvalue weighted by Gasteiger charge is 2.17. The summed E-state index contributed by atoms with van der Waals surface area (Å²) in [5.74, 6) is 0.800. The number of hydrogen-bond acceptors (Lipinski definition) is 3. The average Bonchev–Trinajstić information content (AvgIpc) is 2.74. The van der Waals surface area contributed by atoms with Gasteiger partial charge in [0.2, 0.25) is 0 Å². The van der Waals surface area contributed by atoms with Crippen molar-refractivity contribution < 1.29 is 0 Å². The third kappa shape index (κ3) is 5.07. The molecule has 0 saturated heterocycles. The molecule has 0 saturated carbocycles. The van der Waals surface area contributed by atoms with E-state index < -0.39 is 0 Å². The molecule has 0 aliphatic carbocycles. The van der Waals surface area contributed by atoms with Crippen LogP contribution in [0.2, 0.25) is 0 Å².